The number of nitrogens with two attached hydrogens (primary N) is 1. The van der Waals surface area contributed by atoms with Gasteiger partial charge in [0.05, 0.1) is 5.69 Å². The number of ether oxygens (including phenoxy) is 1. The number of nitrogen functional groups attached to an aromatic ring is 1. The summed E-state index contributed by atoms with van der Waals surface area (Å²) in [7, 11) is 3.87. The van der Waals surface area contributed by atoms with E-state index >= 15 is 0 Å². The van der Waals surface area contributed by atoms with Crippen molar-refractivity contribution in [2.45, 2.75) is 13.0 Å². The van der Waals surface area contributed by atoms with Gasteiger partial charge in [0, 0.05) is 18.5 Å². The molecule has 0 heterocycles. The molecule has 2 aromatic rings. The third kappa shape index (κ3) is 4.76. The van der Waals surface area contributed by atoms with Gasteiger partial charge in [-0.3, -0.25) is 0 Å². The van der Waals surface area contributed by atoms with E-state index in [4.69, 9.17) is 10.5 Å². The molecule has 0 unspecified atom stereocenters. The van der Waals surface area contributed by atoms with Crippen LogP contribution in [0.25, 0.3) is 0 Å². The molecule has 0 spiro atoms. The number of para-hydroxylation sites is 1. The Bertz CT molecular complexity index is 741. The Kier molecular flexibility index (Phi) is 5.87. The summed E-state index contributed by atoms with van der Waals surface area (Å²) in [4.78, 5) is 1.99. The molecule has 2 rings (SSSR count). The van der Waals surface area contributed by atoms with Gasteiger partial charge in [-0.05, 0) is 37.9 Å². The minimum absolute atomic E-state index is 0.311. The Hall–Kier alpha value is -2.47. The third-order valence-electron chi connectivity index (χ3n) is 3.32. The lowest BCUT2D eigenvalue weighted by Crippen LogP contribution is -2.11. The molecule has 0 saturated heterocycles. The van der Waals surface area contributed by atoms with E-state index < -0.39 is 18.3 Å². The first-order valence-electron chi connectivity index (χ1n) is 7.35. The topological polar surface area (TPSA) is 38.5 Å². The predicted octanol–water partition coefficient (Wildman–Crippen LogP) is 4.74. The molecule has 0 radical (unpaired) electrons. The lowest BCUT2D eigenvalue weighted by atomic mass is 10.1. The van der Waals surface area contributed by atoms with Crippen molar-refractivity contribution in [3.05, 3.63) is 65.5 Å². The van der Waals surface area contributed by atoms with Gasteiger partial charge in [-0.15, -0.1) is 0 Å². The van der Waals surface area contributed by atoms with Crippen LogP contribution < -0.4 is 10.5 Å². The van der Waals surface area contributed by atoms with Crippen LogP contribution in [-0.4, -0.2) is 19.0 Å². The number of hydrogen-bond donors (Lipinski definition) is 1. The van der Waals surface area contributed by atoms with Crippen molar-refractivity contribution in [1.29, 1.82) is 0 Å². The van der Waals surface area contributed by atoms with Gasteiger partial charge < -0.3 is 15.4 Å². The Morgan fingerprint density at radius 1 is 1.04 bits per heavy atom. The van der Waals surface area contributed by atoms with Crippen LogP contribution in [0.3, 0.4) is 0 Å². The maximum atomic E-state index is 13.1. The fourth-order valence-corrected chi connectivity index (χ4v) is 2.22. The van der Waals surface area contributed by atoms with Crippen LogP contribution in [0.5, 0.6) is 11.5 Å². The van der Waals surface area contributed by atoms with Gasteiger partial charge in [-0.2, -0.15) is 8.78 Å². The van der Waals surface area contributed by atoms with Crippen LogP contribution in [0.1, 0.15) is 11.1 Å². The Labute approximate surface area is 139 Å². The van der Waals surface area contributed by atoms with E-state index in [0.717, 1.165) is 5.56 Å². The Morgan fingerprint density at radius 3 is 2.42 bits per heavy atom. The van der Waals surface area contributed by atoms with Gasteiger partial charge in [0.1, 0.15) is 5.75 Å². The first-order valence-corrected chi connectivity index (χ1v) is 7.35. The quantitative estimate of drug-likeness (QED) is 0.774. The zero-order chi connectivity index (χ0) is 17.7. The largest absolute Gasteiger partial charge is 0.455 e. The minimum Gasteiger partial charge on any atom is -0.455 e. The van der Waals surface area contributed by atoms with E-state index in [0.29, 0.717) is 29.3 Å². The van der Waals surface area contributed by atoms with Crippen molar-refractivity contribution in [1.82, 2.24) is 4.90 Å². The van der Waals surface area contributed by atoms with Crippen molar-refractivity contribution < 1.29 is 17.9 Å². The van der Waals surface area contributed by atoms with Crippen LogP contribution in [0.4, 0.5) is 18.9 Å². The van der Waals surface area contributed by atoms with Gasteiger partial charge in [-0.1, -0.05) is 24.3 Å². The number of nitrogens with zero attached hydrogens (tertiary/aromatic N) is 1. The van der Waals surface area contributed by atoms with Crippen molar-refractivity contribution >= 4 is 5.69 Å². The third-order valence-corrected chi connectivity index (χ3v) is 3.32. The van der Waals surface area contributed by atoms with E-state index in [1.54, 1.807) is 6.07 Å². The normalized spacial score (nSPS) is 10.8. The summed E-state index contributed by atoms with van der Waals surface area (Å²) in [5.74, 6) is -0.535. The molecule has 0 aliphatic rings. The number of anilines is 1. The molecule has 0 saturated carbocycles. The fourth-order valence-electron chi connectivity index (χ4n) is 2.22. The number of allylic oxidation sites excluding steroid dienone is 1. The van der Waals surface area contributed by atoms with Crippen LogP contribution in [0.2, 0.25) is 0 Å². The number of halogens is 3. The average Bonchev–Trinajstić information content (AvgIpc) is 2.51. The smallest absolute Gasteiger partial charge is 0.301 e. The predicted molar refractivity (Wildman–Crippen MR) is 88.8 cm³/mol. The number of rotatable bonds is 6. The van der Waals surface area contributed by atoms with E-state index in [-0.39, 0.29) is 0 Å². The maximum absolute atomic E-state index is 13.1. The highest BCUT2D eigenvalue weighted by molar-refractivity contribution is 5.56. The number of hydrogen-bond acceptors (Lipinski definition) is 3. The van der Waals surface area contributed by atoms with Crippen molar-refractivity contribution in [2.24, 2.45) is 0 Å². The Morgan fingerprint density at radius 2 is 1.75 bits per heavy atom. The highest BCUT2D eigenvalue weighted by Crippen LogP contribution is 2.32. The molecular weight excluding hydrogens is 317 g/mol. The molecule has 128 valence electrons. The molecule has 0 aromatic heterocycles. The zero-order valence-electron chi connectivity index (χ0n) is 13.5. The standard InChI is InChI=1S/C18H19F3N2O/c1-23(2)11-13-5-3-4-6-16(13)24-17-10-12(7-8-15(17)22)9-14(19)18(20)21/h3-8,10H,9,11,22H2,1-2H3. The minimum atomic E-state index is -2.31. The molecule has 6 heteroatoms. The second-order valence-corrected chi connectivity index (χ2v) is 5.66. The summed E-state index contributed by atoms with van der Waals surface area (Å²) in [6.07, 6.45) is -2.82. The van der Waals surface area contributed by atoms with Crippen LogP contribution in [-0.2, 0) is 13.0 Å². The van der Waals surface area contributed by atoms with Crippen LogP contribution in [0.15, 0.2) is 54.4 Å². The molecule has 2 N–H and O–H groups in total. The van der Waals surface area contributed by atoms with Gasteiger partial charge >= 0.3 is 6.08 Å². The molecule has 0 atom stereocenters. The molecular formula is C18H19F3N2O. The molecule has 0 bridgehead atoms. The monoisotopic (exact) mass is 336 g/mol. The lowest BCUT2D eigenvalue weighted by Gasteiger charge is -2.16. The highest BCUT2D eigenvalue weighted by Gasteiger charge is 2.11. The zero-order valence-corrected chi connectivity index (χ0v) is 13.5. The SMILES string of the molecule is CN(C)Cc1ccccc1Oc1cc(CC(F)=C(F)F)ccc1N. The fraction of sp³-hybridized carbons (Fsp3) is 0.222. The Balaban J connectivity index is 2.28. The molecule has 3 nitrogen and oxygen atoms in total. The van der Waals surface area contributed by atoms with Crippen molar-refractivity contribution in [3.8, 4) is 11.5 Å². The van der Waals surface area contributed by atoms with E-state index in [1.165, 1.54) is 18.2 Å². The molecule has 0 amide bonds. The summed E-state index contributed by atoms with van der Waals surface area (Å²) >= 11 is 0. The second-order valence-electron chi connectivity index (χ2n) is 5.66. The summed E-state index contributed by atoms with van der Waals surface area (Å²) in [6, 6.07) is 11.9. The summed E-state index contributed by atoms with van der Waals surface area (Å²) in [5, 5.41) is 0. The van der Waals surface area contributed by atoms with Crippen molar-refractivity contribution in [2.75, 3.05) is 19.8 Å². The van der Waals surface area contributed by atoms with Crippen LogP contribution in [0, 0.1) is 0 Å². The molecule has 0 aliphatic heterocycles. The van der Waals surface area contributed by atoms with Gasteiger partial charge in [0.15, 0.2) is 11.6 Å². The summed E-state index contributed by atoms with van der Waals surface area (Å²) in [5.41, 5.74) is 7.55. The first kappa shape index (κ1) is 17.9. The maximum Gasteiger partial charge on any atom is 0.301 e. The van der Waals surface area contributed by atoms with Gasteiger partial charge in [-0.25, -0.2) is 4.39 Å². The number of benzene rings is 2. The molecule has 2 aromatic carbocycles. The highest BCUT2D eigenvalue weighted by atomic mass is 19.3. The van der Waals surface area contributed by atoms with Crippen LogP contribution >= 0.6 is 0 Å². The molecule has 0 fully saturated rings. The average molecular weight is 336 g/mol. The molecule has 24 heavy (non-hydrogen) atoms. The molecule has 0 aliphatic carbocycles. The summed E-state index contributed by atoms with van der Waals surface area (Å²) < 4.78 is 43.5. The van der Waals surface area contributed by atoms with E-state index in [1.807, 2.05) is 37.2 Å². The van der Waals surface area contributed by atoms with Crippen molar-refractivity contribution in [3.63, 3.8) is 0 Å². The van der Waals surface area contributed by atoms with E-state index in [2.05, 4.69) is 0 Å². The van der Waals surface area contributed by atoms with E-state index in [9.17, 15) is 13.2 Å². The second kappa shape index (κ2) is 7.88. The van der Waals surface area contributed by atoms with Gasteiger partial charge in [0.2, 0.25) is 0 Å². The summed E-state index contributed by atoms with van der Waals surface area (Å²) in [6.45, 7) is 0.667. The van der Waals surface area contributed by atoms with Gasteiger partial charge in [0.25, 0.3) is 0 Å². The lowest BCUT2D eigenvalue weighted by molar-refractivity contribution is 0.374. The first-order chi connectivity index (χ1) is 11.4.